The Morgan fingerprint density at radius 2 is 1.91 bits per heavy atom. The van der Waals surface area contributed by atoms with Crippen molar-refractivity contribution >= 4 is 11.3 Å². The molecule has 4 heteroatoms. The first-order valence-corrected chi connectivity index (χ1v) is 9.28. The Hall–Kier alpha value is -1.20. The average Bonchev–Trinajstić information content (AvgIpc) is 3.11. The van der Waals surface area contributed by atoms with Crippen LogP contribution in [0.15, 0.2) is 47.8 Å². The average molecular weight is 330 g/mol. The number of rotatable bonds is 7. The second kappa shape index (κ2) is 8.60. The smallest absolute Gasteiger partial charge is 0.0594 e. The lowest BCUT2D eigenvalue weighted by molar-refractivity contribution is 0.0132. The molecule has 1 atom stereocenters. The van der Waals surface area contributed by atoms with Gasteiger partial charge in [-0.25, -0.2) is 0 Å². The zero-order chi connectivity index (χ0) is 15.9. The van der Waals surface area contributed by atoms with Crippen molar-refractivity contribution in [2.45, 2.75) is 19.0 Å². The molecule has 1 aromatic carbocycles. The molecule has 0 amide bonds. The maximum Gasteiger partial charge on any atom is 0.0594 e. The van der Waals surface area contributed by atoms with Gasteiger partial charge in [0.05, 0.1) is 13.2 Å². The minimum absolute atomic E-state index is 0.525. The van der Waals surface area contributed by atoms with E-state index in [9.17, 15) is 0 Å². The van der Waals surface area contributed by atoms with Crippen LogP contribution in [0.4, 0.5) is 0 Å². The van der Waals surface area contributed by atoms with E-state index in [-0.39, 0.29) is 0 Å². The van der Waals surface area contributed by atoms with Crippen molar-refractivity contribution in [3.8, 4) is 0 Å². The van der Waals surface area contributed by atoms with Crippen molar-refractivity contribution in [2.24, 2.45) is 0 Å². The summed E-state index contributed by atoms with van der Waals surface area (Å²) >= 11 is 1.88. The Kier molecular flexibility index (Phi) is 6.22. The minimum Gasteiger partial charge on any atom is -0.379 e. The molecular formula is C19H26N2OS. The monoisotopic (exact) mass is 330 g/mol. The van der Waals surface area contributed by atoms with E-state index in [1.54, 1.807) is 0 Å². The number of thiophene rings is 1. The largest absolute Gasteiger partial charge is 0.379 e. The van der Waals surface area contributed by atoms with Gasteiger partial charge in [-0.05, 0) is 30.5 Å². The molecule has 124 valence electrons. The Balaban J connectivity index is 1.57. The number of nitrogens with zero attached hydrogens (tertiary/aromatic N) is 2. The fourth-order valence-corrected chi connectivity index (χ4v) is 4.09. The molecule has 1 saturated heterocycles. The van der Waals surface area contributed by atoms with Crippen LogP contribution in [-0.2, 0) is 11.3 Å². The Morgan fingerprint density at radius 1 is 1.13 bits per heavy atom. The summed E-state index contributed by atoms with van der Waals surface area (Å²) in [5.41, 5.74) is 1.38. The van der Waals surface area contributed by atoms with E-state index in [4.69, 9.17) is 4.74 Å². The molecule has 1 aliphatic rings. The van der Waals surface area contributed by atoms with Gasteiger partial charge in [-0.1, -0.05) is 36.4 Å². The Morgan fingerprint density at radius 3 is 2.61 bits per heavy atom. The Labute approximate surface area is 143 Å². The molecule has 0 spiro atoms. The first kappa shape index (κ1) is 16.7. The first-order chi connectivity index (χ1) is 11.3. The number of benzene rings is 1. The molecule has 0 aliphatic carbocycles. The summed E-state index contributed by atoms with van der Waals surface area (Å²) in [5.74, 6) is 0. The van der Waals surface area contributed by atoms with Crippen molar-refractivity contribution < 1.29 is 4.74 Å². The van der Waals surface area contributed by atoms with Crippen LogP contribution in [-0.4, -0.2) is 49.7 Å². The van der Waals surface area contributed by atoms with Crippen molar-refractivity contribution in [2.75, 3.05) is 39.9 Å². The third kappa shape index (κ3) is 4.88. The summed E-state index contributed by atoms with van der Waals surface area (Å²) in [6.45, 7) is 5.94. The molecule has 0 saturated carbocycles. The van der Waals surface area contributed by atoms with Crippen molar-refractivity contribution in [3.05, 3.63) is 58.3 Å². The van der Waals surface area contributed by atoms with Gasteiger partial charge in [0.15, 0.2) is 0 Å². The standard InChI is InChI=1S/C19H26N2OS/c1-20(16-17-6-3-2-4-7-17)10-9-18(19-8-5-15-23-19)21-11-13-22-14-12-21/h2-8,15,18H,9-14,16H2,1H3. The lowest BCUT2D eigenvalue weighted by Gasteiger charge is -2.35. The van der Waals surface area contributed by atoms with Crippen LogP contribution >= 0.6 is 11.3 Å². The van der Waals surface area contributed by atoms with E-state index in [0.717, 1.165) is 39.4 Å². The van der Waals surface area contributed by atoms with Gasteiger partial charge in [0.25, 0.3) is 0 Å². The van der Waals surface area contributed by atoms with Crippen LogP contribution in [0.25, 0.3) is 0 Å². The number of ether oxygens (including phenoxy) is 1. The van der Waals surface area contributed by atoms with Crippen molar-refractivity contribution in [1.82, 2.24) is 9.80 Å². The zero-order valence-corrected chi connectivity index (χ0v) is 14.7. The van der Waals surface area contributed by atoms with Crippen molar-refractivity contribution in [1.29, 1.82) is 0 Å². The second-order valence-corrected chi connectivity index (χ2v) is 7.17. The van der Waals surface area contributed by atoms with Gasteiger partial charge in [0.2, 0.25) is 0 Å². The summed E-state index contributed by atoms with van der Waals surface area (Å²) in [7, 11) is 2.22. The maximum absolute atomic E-state index is 5.52. The van der Waals surface area contributed by atoms with E-state index >= 15 is 0 Å². The lowest BCUT2D eigenvalue weighted by atomic mass is 10.1. The number of morpholine rings is 1. The SMILES string of the molecule is CN(CCC(c1cccs1)N1CCOCC1)Cc1ccccc1. The van der Waals surface area contributed by atoms with Crippen LogP contribution < -0.4 is 0 Å². The van der Waals surface area contributed by atoms with Crippen LogP contribution in [0.2, 0.25) is 0 Å². The van der Waals surface area contributed by atoms with E-state index in [2.05, 4.69) is 64.7 Å². The number of hydrogen-bond acceptors (Lipinski definition) is 4. The van der Waals surface area contributed by atoms with Gasteiger partial charge in [-0.2, -0.15) is 0 Å². The third-order valence-electron chi connectivity index (χ3n) is 4.44. The lowest BCUT2D eigenvalue weighted by Crippen LogP contribution is -2.39. The fourth-order valence-electron chi connectivity index (χ4n) is 3.19. The summed E-state index contributed by atoms with van der Waals surface area (Å²) in [6, 6.07) is 15.7. The highest BCUT2D eigenvalue weighted by molar-refractivity contribution is 7.10. The summed E-state index contributed by atoms with van der Waals surface area (Å²) in [4.78, 5) is 6.50. The highest BCUT2D eigenvalue weighted by Crippen LogP contribution is 2.29. The molecule has 3 rings (SSSR count). The summed E-state index contributed by atoms with van der Waals surface area (Å²) < 4.78 is 5.52. The molecule has 2 aromatic rings. The van der Waals surface area contributed by atoms with Crippen molar-refractivity contribution in [3.63, 3.8) is 0 Å². The predicted molar refractivity (Wildman–Crippen MR) is 96.8 cm³/mol. The molecule has 23 heavy (non-hydrogen) atoms. The van der Waals surface area contributed by atoms with Gasteiger partial charge in [-0.15, -0.1) is 11.3 Å². The van der Waals surface area contributed by atoms with Crippen LogP contribution in [0.1, 0.15) is 22.9 Å². The van der Waals surface area contributed by atoms with E-state index in [1.807, 2.05) is 11.3 Å². The van der Waals surface area contributed by atoms with E-state index < -0.39 is 0 Å². The molecule has 1 fully saturated rings. The normalized spacial score (nSPS) is 17.5. The fraction of sp³-hybridized carbons (Fsp3) is 0.474. The quantitative estimate of drug-likeness (QED) is 0.771. The highest BCUT2D eigenvalue weighted by Gasteiger charge is 2.23. The third-order valence-corrected chi connectivity index (χ3v) is 5.41. The first-order valence-electron chi connectivity index (χ1n) is 8.40. The van der Waals surface area contributed by atoms with Gasteiger partial charge in [-0.3, -0.25) is 4.90 Å². The van der Waals surface area contributed by atoms with Crippen LogP contribution in [0.3, 0.4) is 0 Å². The van der Waals surface area contributed by atoms with Gasteiger partial charge in [0, 0.05) is 37.1 Å². The molecule has 3 nitrogen and oxygen atoms in total. The summed E-state index contributed by atoms with van der Waals surface area (Å²) in [6.07, 6.45) is 1.17. The van der Waals surface area contributed by atoms with E-state index in [1.165, 1.54) is 16.9 Å². The molecular weight excluding hydrogens is 304 g/mol. The molecule has 0 radical (unpaired) electrons. The molecule has 1 aliphatic heterocycles. The van der Waals surface area contributed by atoms with Gasteiger partial charge < -0.3 is 9.64 Å². The zero-order valence-electron chi connectivity index (χ0n) is 13.9. The molecule has 0 bridgehead atoms. The second-order valence-electron chi connectivity index (χ2n) is 6.19. The molecule has 1 unspecified atom stereocenters. The van der Waals surface area contributed by atoms with Crippen LogP contribution in [0, 0.1) is 0 Å². The predicted octanol–water partition coefficient (Wildman–Crippen LogP) is 3.64. The van der Waals surface area contributed by atoms with Gasteiger partial charge >= 0.3 is 0 Å². The van der Waals surface area contributed by atoms with Gasteiger partial charge in [0.1, 0.15) is 0 Å². The number of hydrogen-bond donors (Lipinski definition) is 0. The minimum atomic E-state index is 0.525. The Bertz CT molecular complexity index is 552. The molecule has 2 heterocycles. The summed E-state index contributed by atoms with van der Waals surface area (Å²) in [5, 5.41) is 2.19. The maximum atomic E-state index is 5.52. The molecule has 0 N–H and O–H groups in total. The molecule has 1 aromatic heterocycles. The van der Waals surface area contributed by atoms with Crippen LogP contribution in [0.5, 0.6) is 0 Å². The highest BCUT2D eigenvalue weighted by atomic mass is 32.1. The van der Waals surface area contributed by atoms with E-state index in [0.29, 0.717) is 6.04 Å². The topological polar surface area (TPSA) is 15.7 Å².